The molecule has 2 aromatic heterocycles. The molecule has 0 fully saturated rings. The van der Waals surface area contributed by atoms with E-state index in [0.717, 1.165) is 0 Å². The molecule has 0 aromatic carbocycles. The van der Waals surface area contributed by atoms with E-state index in [2.05, 4.69) is 20.6 Å². The van der Waals surface area contributed by atoms with Gasteiger partial charge in [0.1, 0.15) is 16.4 Å². The number of carbonyl (C=O) groups excluding carboxylic acids is 3. The van der Waals surface area contributed by atoms with Gasteiger partial charge >= 0.3 is 0 Å². The van der Waals surface area contributed by atoms with Crippen molar-refractivity contribution < 1.29 is 19.6 Å². The quantitative estimate of drug-likeness (QED) is 0.408. The van der Waals surface area contributed by atoms with Crippen LogP contribution in [0.15, 0.2) is 16.3 Å². The fourth-order valence-corrected chi connectivity index (χ4v) is 2.88. The van der Waals surface area contributed by atoms with Gasteiger partial charge in [-0.1, -0.05) is 0 Å². The van der Waals surface area contributed by atoms with E-state index in [0.29, 0.717) is 10.7 Å². The zero-order valence-corrected chi connectivity index (χ0v) is 13.4. The third-order valence-electron chi connectivity index (χ3n) is 2.60. The van der Waals surface area contributed by atoms with E-state index >= 15 is 0 Å². The fourth-order valence-electron chi connectivity index (χ4n) is 1.50. The lowest BCUT2D eigenvalue weighted by atomic mass is 10.4. The number of hydrogen-bond donors (Lipinski definition) is 4. The molecule has 0 aliphatic rings. The lowest BCUT2D eigenvalue weighted by Gasteiger charge is -2.05. The first-order valence-corrected chi connectivity index (χ1v) is 8.24. The third-order valence-corrected chi connectivity index (χ3v) is 4.05. The van der Waals surface area contributed by atoms with Gasteiger partial charge in [-0.2, -0.15) is 0 Å². The smallest absolute Gasteiger partial charge is 0.271 e. The molecule has 3 amide bonds. The fraction of sp³-hybridized carbons (Fsp3) is 0.250. The summed E-state index contributed by atoms with van der Waals surface area (Å²) in [5.41, 5.74) is 4.05. The number of rotatable bonds is 7. The minimum Gasteiger partial charge on any atom is -0.354 e. The monoisotopic (exact) mass is 355 g/mol. The van der Waals surface area contributed by atoms with Crippen LogP contribution in [0.3, 0.4) is 0 Å². The summed E-state index contributed by atoms with van der Waals surface area (Å²) in [6.07, 6.45) is -0.0563. The number of nitrogens with one attached hydrogen (secondary N) is 3. The Morgan fingerprint density at radius 3 is 2.70 bits per heavy atom. The largest absolute Gasteiger partial charge is 0.354 e. The number of hydrogen-bond acceptors (Lipinski definition) is 8. The minimum atomic E-state index is -0.605. The van der Waals surface area contributed by atoms with Crippen LogP contribution in [-0.4, -0.2) is 46.0 Å². The highest BCUT2D eigenvalue weighted by molar-refractivity contribution is 7.14. The predicted molar refractivity (Wildman–Crippen MR) is 83.1 cm³/mol. The molecule has 11 heteroatoms. The summed E-state index contributed by atoms with van der Waals surface area (Å²) >= 11 is 2.73. The maximum atomic E-state index is 11.9. The zero-order chi connectivity index (χ0) is 16.7. The summed E-state index contributed by atoms with van der Waals surface area (Å²) in [4.78, 5) is 42.4. The van der Waals surface area contributed by atoms with Crippen molar-refractivity contribution in [3.63, 3.8) is 0 Å². The summed E-state index contributed by atoms with van der Waals surface area (Å²) in [5, 5.41) is 17.2. The summed E-state index contributed by atoms with van der Waals surface area (Å²) < 4.78 is 0. The second-order valence-electron chi connectivity index (χ2n) is 4.23. The Bertz CT molecular complexity index is 685. The van der Waals surface area contributed by atoms with Crippen LogP contribution in [0.25, 0.3) is 10.7 Å². The van der Waals surface area contributed by atoms with Gasteiger partial charge in [0.05, 0.1) is 12.1 Å². The van der Waals surface area contributed by atoms with Gasteiger partial charge < -0.3 is 10.6 Å². The van der Waals surface area contributed by atoms with Crippen LogP contribution in [0.1, 0.15) is 16.9 Å². The van der Waals surface area contributed by atoms with Gasteiger partial charge in [-0.05, 0) is 0 Å². The number of aromatic nitrogens is 2. The van der Waals surface area contributed by atoms with Crippen LogP contribution in [0, 0.1) is 0 Å². The number of thiazole rings is 2. The number of carbonyl (C=O) groups is 3. The highest BCUT2D eigenvalue weighted by atomic mass is 32.1. The average molecular weight is 355 g/mol. The van der Waals surface area contributed by atoms with Crippen molar-refractivity contribution in [3.8, 4) is 10.7 Å². The van der Waals surface area contributed by atoms with E-state index in [9.17, 15) is 14.4 Å². The Kier molecular flexibility index (Phi) is 6.14. The van der Waals surface area contributed by atoms with E-state index in [-0.39, 0.29) is 25.2 Å². The lowest BCUT2D eigenvalue weighted by Crippen LogP contribution is -2.38. The van der Waals surface area contributed by atoms with Gasteiger partial charge in [-0.25, -0.2) is 15.4 Å². The van der Waals surface area contributed by atoms with Crippen molar-refractivity contribution in [2.45, 2.75) is 6.42 Å². The first kappa shape index (κ1) is 17.0. The Balaban J connectivity index is 1.76. The number of hydroxylamine groups is 1. The van der Waals surface area contributed by atoms with Gasteiger partial charge in [0.25, 0.3) is 5.91 Å². The molecule has 122 valence electrons. The van der Waals surface area contributed by atoms with Crippen LogP contribution in [-0.2, 0) is 9.59 Å². The molecule has 23 heavy (non-hydrogen) atoms. The molecule has 2 rings (SSSR count). The van der Waals surface area contributed by atoms with Crippen molar-refractivity contribution in [3.05, 3.63) is 22.0 Å². The molecule has 0 bridgehead atoms. The number of amides is 3. The Morgan fingerprint density at radius 1 is 1.17 bits per heavy atom. The molecular weight excluding hydrogens is 342 g/mol. The molecule has 0 aliphatic carbocycles. The average Bonchev–Trinajstić information content (AvgIpc) is 3.22. The topological polar surface area (TPSA) is 133 Å². The predicted octanol–water partition coefficient (Wildman–Crippen LogP) is 0.00810. The maximum absolute atomic E-state index is 11.9. The maximum Gasteiger partial charge on any atom is 0.271 e. The van der Waals surface area contributed by atoms with Crippen molar-refractivity contribution >= 4 is 40.4 Å². The Labute approximate surface area is 138 Å². The highest BCUT2D eigenvalue weighted by Crippen LogP contribution is 2.23. The minimum absolute atomic E-state index is 0.0563. The van der Waals surface area contributed by atoms with E-state index in [1.807, 2.05) is 5.38 Å². The van der Waals surface area contributed by atoms with E-state index in [1.165, 1.54) is 28.2 Å². The second kappa shape index (κ2) is 8.31. The molecule has 9 nitrogen and oxygen atoms in total. The van der Waals surface area contributed by atoms with Crippen molar-refractivity contribution in [2.75, 3.05) is 13.1 Å². The van der Waals surface area contributed by atoms with E-state index < -0.39 is 17.7 Å². The second-order valence-corrected chi connectivity index (χ2v) is 5.81. The van der Waals surface area contributed by atoms with Crippen molar-refractivity contribution in [1.29, 1.82) is 0 Å². The van der Waals surface area contributed by atoms with Gasteiger partial charge in [0.2, 0.25) is 11.8 Å². The van der Waals surface area contributed by atoms with Crippen molar-refractivity contribution in [1.82, 2.24) is 26.1 Å². The van der Waals surface area contributed by atoms with Crippen molar-refractivity contribution in [2.24, 2.45) is 0 Å². The molecule has 0 unspecified atom stereocenters. The van der Waals surface area contributed by atoms with Crippen LogP contribution in [0.2, 0.25) is 0 Å². The van der Waals surface area contributed by atoms with E-state index in [1.54, 1.807) is 10.9 Å². The van der Waals surface area contributed by atoms with Gasteiger partial charge in [-0.3, -0.25) is 19.6 Å². The Morgan fingerprint density at radius 2 is 2.00 bits per heavy atom. The molecule has 0 atom stereocenters. The van der Waals surface area contributed by atoms with Gasteiger partial charge in [0.15, 0.2) is 0 Å². The molecule has 0 saturated heterocycles. The van der Waals surface area contributed by atoms with Crippen LogP contribution >= 0.6 is 22.7 Å². The van der Waals surface area contributed by atoms with Crippen LogP contribution in [0.4, 0.5) is 0 Å². The lowest BCUT2D eigenvalue weighted by molar-refractivity contribution is -0.129. The van der Waals surface area contributed by atoms with Crippen LogP contribution < -0.4 is 16.1 Å². The summed E-state index contributed by atoms with van der Waals surface area (Å²) in [5.74, 6) is -1.52. The molecular formula is C12H13N5O4S2. The summed E-state index contributed by atoms with van der Waals surface area (Å²) in [6, 6.07) is 0. The molecule has 4 N–H and O–H groups in total. The molecule has 0 radical (unpaired) electrons. The first-order chi connectivity index (χ1) is 11.1. The molecule has 2 aromatic rings. The number of nitrogens with zero attached hydrogens (tertiary/aromatic N) is 2. The molecule has 0 spiro atoms. The normalized spacial score (nSPS) is 10.1. The SMILES string of the molecule is O=C(CCNC(=O)CNC(=O)c1csc(-c2cscn2)n1)NO. The summed E-state index contributed by atoms with van der Waals surface area (Å²) in [7, 11) is 0. The third kappa shape index (κ3) is 5.09. The highest BCUT2D eigenvalue weighted by Gasteiger charge is 2.13. The van der Waals surface area contributed by atoms with Gasteiger partial charge in [0, 0.05) is 23.7 Å². The standard InChI is InChI=1S/C12H13N5O4S2/c18-9(17-21)1-2-13-10(19)3-14-11(20)7-5-23-12(16-7)8-4-22-6-15-8/h4-6,21H,1-3H2,(H,13,19)(H,14,20)(H,17,18). The van der Waals surface area contributed by atoms with Crippen LogP contribution in [0.5, 0.6) is 0 Å². The first-order valence-electron chi connectivity index (χ1n) is 6.42. The summed E-state index contributed by atoms with van der Waals surface area (Å²) in [6.45, 7) is -0.172. The molecule has 0 aliphatic heterocycles. The Hall–Kier alpha value is -2.37. The zero-order valence-electron chi connectivity index (χ0n) is 11.7. The molecule has 0 saturated carbocycles. The van der Waals surface area contributed by atoms with E-state index in [4.69, 9.17) is 5.21 Å². The van der Waals surface area contributed by atoms with Gasteiger partial charge in [-0.15, -0.1) is 22.7 Å². The molecule has 2 heterocycles.